The average Bonchev–Trinajstić information content (AvgIpc) is 2.55. The van der Waals surface area contributed by atoms with Gasteiger partial charge in [0.25, 0.3) is 0 Å². The lowest BCUT2D eigenvalue weighted by molar-refractivity contribution is -0.138. The second-order valence-corrected chi connectivity index (χ2v) is 3.95. The van der Waals surface area contributed by atoms with Gasteiger partial charge in [0.05, 0.1) is 0 Å². The smallest absolute Gasteiger partial charge is 0.325 e. The van der Waals surface area contributed by atoms with Crippen LogP contribution in [0.4, 0.5) is 0 Å². The summed E-state index contributed by atoms with van der Waals surface area (Å²) in [4.78, 5) is 10.7. The van der Waals surface area contributed by atoms with Crippen molar-refractivity contribution in [3.8, 4) is 0 Å². The molecule has 78 valence electrons. The van der Waals surface area contributed by atoms with Gasteiger partial charge in [0, 0.05) is 5.39 Å². The third-order valence-electron chi connectivity index (χ3n) is 2.14. The van der Waals surface area contributed by atoms with Gasteiger partial charge >= 0.3 is 5.97 Å². The van der Waals surface area contributed by atoms with Crippen molar-refractivity contribution in [1.82, 2.24) is 0 Å². The monoisotopic (exact) mass is 269 g/mol. The van der Waals surface area contributed by atoms with Crippen molar-refractivity contribution in [2.24, 2.45) is 5.73 Å². The number of rotatable bonds is 2. The van der Waals surface area contributed by atoms with Crippen molar-refractivity contribution in [2.75, 3.05) is 0 Å². The highest BCUT2D eigenvalue weighted by atomic mass is 79.9. The molecule has 0 bridgehead atoms. The van der Waals surface area contributed by atoms with Crippen LogP contribution in [0.5, 0.6) is 0 Å². The third-order valence-corrected chi connectivity index (χ3v) is 2.53. The van der Waals surface area contributed by atoms with Crippen molar-refractivity contribution in [2.45, 2.75) is 6.04 Å². The van der Waals surface area contributed by atoms with E-state index in [1.165, 1.54) is 0 Å². The van der Waals surface area contributed by atoms with Crippen LogP contribution in [0.3, 0.4) is 0 Å². The molecule has 1 aromatic carbocycles. The molecule has 0 spiro atoms. The Bertz CT molecular complexity index is 520. The van der Waals surface area contributed by atoms with Gasteiger partial charge in [-0.15, -0.1) is 0 Å². The molecule has 0 aliphatic heterocycles. The molecular weight excluding hydrogens is 262 g/mol. The van der Waals surface area contributed by atoms with E-state index in [4.69, 9.17) is 15.3 Å². The van der Waals surface area contributed by atoms with E-state index in [1.54, 1.807) is 18.2 Å². The molecule has 0 amide bonds. The van der Waals surface area contributed by atoms with Gasteiger partial charge in [-0.1, -0.05) is 12.1 Å². The molecule has 2 aromatic rings. The molecule has 0 saturated heterocycles. The zero-order valence-corrected chi connectivity index (χ0v) is 9.19. The van der Waals surface area contributed by atoms with E-state index in [0.717, 1.165) is 5.39 Å². The molecule has 15 heavy (non-hydrogen) atoms. The maximum Gasteiger partial charge on any atom is 0.325 e. The highest BCUT2D eigenvalue weighted by Crippen LogP contribution is 2.25. The number of nitrogens with two attached hydrogens (primary N) is 1. The van der Waals surface area contributed by atoms with E-state index >= 15 is 0 Å². The number of carbonyl (C=O) groups is 1. The Morgan fingerprint density at radius 1 is 1.47 bits per heavy atom. The normalized spacial score (nSPS) is 12.9. The highest BCUT2D eigenvalue weighted by Gasteiger charge is 2.15. The van der Waals surface area contributed by atoms with Gasteiger partial charge in [-0.2, -0.15) is 0 Å². The average molecular weight is 270 g/mol. The maximum atomic E-state index is 10.7. The standard InChI is InChI=1S/C10H8BrNO3/c11-8-4-5-1-2-6(3-7(5)15-8)9(12)10(13)14/h1-4,9H,12H2,(H,13,14). The van der Waals surface area contributed by atoms with Crippen molar-refractivity contribution < 1.29 is 14.3 Å². The van der Waals surface area contributed by atoms with Crippen LogP contribution >= 0.6 is 15.9 Å². The van der Waals surface area contributed by atoms with E-state index in [1.807, 2.05) is 6.07 Å². The topological polar surface area (TPSA) is 76.5 Å². The Hall–Kier alpha value is -1.33. The minimum absolute atomic E-state index is 0.525. The second-order valence-electron chi connectivity index (χ2n) is 3.16. The quantitative estimate of drug-likeness (QED) is 0.877. The number of aliphatic carboxylic acids is 1. The first kappa shape index (κ1) is 10.2. The SMILES string of the molecule is NC(C(=O)O)c1ccc2cc(Br)oc2c1. The number of hydrogen-bond acceptors (Lipinski definition) is 3. The van der Waals surface area contributed by atoms with E-state index in [9.17, 15) is 4.79 Å². The van der Waals surface area contributed by atoms with Crippen LogP contribution in [-0.4, -0.2) is 11.1 Å². The lowest BCUT2D eigenvalue weighted by Crippen LogP contribution is -2.20. The molecule has 1 aromatic heterocycles. The molecule has 3 N–H and O–H groups in total. The summed E-state index contributed by atoms with van der Waals surface area (Å²) >= 11 is 3.20. The number of carboxylic acid groups (broad SMARTS) is 1. The van der Waals surface area contributed by atoms with E-state index < -0.39 is 12.0 Å². The zero-order valence-electron chi connectivity index (χ0n) is 7.61. The van der Waals surface area contributed by atoms with Crippen LogP contribution in [0.15, 0.2) is 33.4 Å². The summed E-state index contributed by atoms with van der Waals surface area (Å²) in [5.41, 5.74) is 6.63. The fourth-order valence-electron chi connectivity index (χ4n) is 1.35. The van der Waals surface area contributed by atoms with Crippen molar-refractivity contribution >= 4 is 32.9 Å². The summed E-state index contributed by atoms with van der Waals surface area (Å²) in [6.07, 6.45) is 0. The molecule has 0 saturated carbocycles. The first-order valence-electron chi connectivity index (χ1n) is 4.25. The number of furan rings is 1. The fraction of sp³-hybridized carbons (Fsp3) is 0.100. The summed E-state index contributed by atoms with van der Waals surface area (Å²) in [7, 11) is 0. The molecule has 1 unspecified atom stereocenters. The predicted molar refractivity (Wildman–Crippen MR) is 58.5 cm³/mol. The molecular formula is C10H8BrNO3. The summed E-state index contributed by atoms with van der Waals surface area (Å²) in [6.45, 7) is 0. The van der Waals surface area contributed by atoms with Gasteiger partial charge in [-0.05, 0) is 33.6 Å². The van der Waals surface area contributed by atoms with Crippen LogP contribution in [0.2, 0.25) is 0 Å². The first-order valence-corrected chi connectivity index (χ1v) is 5.04. The van der Waals surface area contributed by atoms with Crippen LogP contribution < -0.4 is 5.73 Å². The van der Waals surface area contributed by atoms with Crippen LogP contribution in [0, 0.1) is 0 Å². The summed E-state index contributed by atoms with van der Waals surface area (Å²) in [5, 5.41) is 9.65. The van der Waals surface area contributed by atoms with Crippen molar-refractivity contribution in [3.05, 3.63) is 34.5 Å². The largest absolute Gasteiger partial charge is 0.480 e. The van der Waals surface area contributed by atoms with E-state index in [0.29, 0.717) is 15.8 Å². The van der Waals surface area contributed by atoms with E-state index in [-0.39, 0.29) is 0 Å². The maximum absolute atomic E-state index is 10.7. The molecule has 0 aliphatic carbocycles. The van der Waals surface area contributed by atoms with Gasteiger partial charge < -0.3 is 15.3 Å². The highest BCUT2D eigenvalue weighted by molar-refractivity contribution is 9.10. The number of carboxylic acids is 1. The Labute approximate surface area is 93.8 Å². The number of benzene rings is 1. The zero-order chi connectivity index (χ0) is 11.0. The Kier molecular flexibility index (Phi) is 2.50. The number of halogens is 1. The Balaban J connectivity index is 2.50. The van der Waals surface area contributed by atoms with Crippen LogP contribution in [-0.2, 0) is 4.79 Å². The van der Waals surface area contributed by atoms with Crippen LogP contribution in [0.25, 0.3) is 11.0 Å². The molecule has 0 radical (unpaired) electrons. The lowest BCUT2D eigenvalue weighted by atomic mass is 10.1. The van der Waals surface area contributed by atoms with E-state index in [2.05, 4.69) is 15.9 Å². The summed E-state index contributed by atoms with van der Waals surface area (Å²) in [6, 6.07) is 5.90. The summed E-state index contributed by atoms with van der Waals surface area (Å²) in [5.74, 6) is -1.06. The van der Waals surface area contributed by atoms with Crippen LogP contribution in [0.1, 0.15) is 11.6 Å². The molecule has 0 aliphatic rings. The molecule has 5 heteroatoms. The molecule has 1 atom stereocenters. The van der Waals surface area contributed by atoms with Gasteiger partial charge in [-0.25, -0.2) is 0 Å². The fourth-order valence-corrected chi connectivity index (χ4v) is 1.77. The van der Waals surface area contributed by atoms with Crippen molar-refractivity contribution in [3.63, 3.8) is 0 Å². The molecule has 1 heterocycles. The van der Waals surface area contributed by atoms with Gasteiger partial charge in [-0.3, -0.25) is 4.79 Å². The first-order chi connectivity index (χ1) is 7.08. The molecule has 0 fully saturated rings. The minimum Gasteiger partial charge on any atom is -0.480 e. The predicted octanol–water partition coefficient (Wildman–Crippen LogP) is 2.28. The summed E-state index contributed by atoms with van der Waals surface area (Å²) < 4.78 is 5.92. The minimum atomic E-state index is -1.06. The van der Waals surface area contributed by atoms with Gasteiger partial charge in [0.1, 0.15) is 11.6 Å². The lowest BCUT2D eigenvalue weighted by Gasteiger charge is -2.05. The Morgan fingerprint density at radius 3 is 2.87 bits per heavy atom. The van der Waals surface area contributed by atoms with Gasteiger partial charge in [0.15, 0.2) is 4.67 Å². The number of fused-ring (bicyclic) bond motifs is 1. The molecule has 4 nitrogen and oxygen atoms in total. The van der Waals surface area contributed by atoms with Gasteiger partial charge in [0.2, 0.25) is 0 Å². The number of hydrogen-bond donors (Lipinski definition) is 2. The Morgan fingerprint density at radius 2 is 2.20 bits per heavy atom. The second kappa shape index (κ2) is 3.67. The van der Waals surface area contributed by atoms with Crippen molar-refractivity contribution in [1.29, 1.82) is 0 Å². The third kappa shape index (κ3) is 1.88. The molecule has 2 rings (SSSR count).